The lowest BCUT2D eigenvalue weighted by Crippen LogP contribution is -2.33. The first kappa shape index (κ1) is 10.1. The molecule has 0 radical (unpaired) electrons. The molecular formula is C5H3ClF4N2O. The van der Waals surface area contributed by atoms with Gasteiger partial charge in [0.1, 0.15) is 5.69 Å². The minimum Gasteiger partial charge on any atom is -0.296 e. The van der Waals surface area contributed by atoms with Gasteiger partial charge in [0.05, 0.1) is 0 Å². The fourth-order valence-corrected chi connectivity index (χ4v) is 0.756. The quantitative estimate of drug-likeness (QED) is 0.575. The van der Waals surface area contributed by atoms with Crippen molar-refractivity contribution >= 4 is 11.6 Å². The summed E-state index contributed by atoms with van der Waals surface area (Å²) in [5.74, 6) is -4.60. The molecule has 0 spiro atoms. The number of alkyl halides is 5. The number of halogens is 5. The molecule has 74 valence electrons. The van der Waals surface area contributed by atoms with E-state index in [1.165, 1.54) is 0 Å². The SMILES string of the molecule is O=c1cc(C(F)(F)C(F)(F)Cl)[nH][nH]1. The lowest BCUT2D eigenvalue weighted by molar-refractivity contribution is -0.166. The predicted octanol–water partition coefficient (Wildman–Crippen LogP) is 1.63. The van der Waals surface area contributed by atoms with Crippen LogP contribution in [0, 0.1) is 0 Å². The largest absolute Gasteiger partial charge is 0.390 e. The Morgan fingerprint density at radius 2 is 1.77 bits per heavy atom. The van der Waals surface area contributed by atoms with E-state index in [-0.39, 0.29) is 0 Å². The molecule has 0 aromatic carbocycles. The van der Waals surface area contributed by atoms with Gasteiger partial charge in [0, 0.05) is 6.07 Å². The molecule has 8 heteroatoms. The standard InChI is InChI=1S/C5H3ClF4N2O/c6-5(9,10)4(7,8)2-1-3(13)12-11-2/h1H,(H2,11,12,13). The first-order chi connectivity index (χ1) is 5.75. The van der Waals surface area contributed by atoms with Gasteiger partial charge in [-0.3, -0.25) is 15.0 Å². The summed E-state index contributed by atoms with van der Waals surface area (Å²) in [6.45, 7) is 0. The summed E-state index contributed by atoms with van der Waals surface area (Å²) >= 11 is 4.15. The highest BCUT2D eigenvalue weighted by atomic mass is 35.5. The van der Waals surface area contributed by atoms with Crippen molar-refractivity contribution in [3.05, 3.63) is 22.1 Å². The molecule has 0 aliphatic heterocycles. The van der Waals surface area contributed by atoms with Gasteiger partial charge in [-0.05, 0) is 11.6 Å². The lowest BCUT2D eigenvalue weighted by Gasteiger charge is -2.18. The van der Waals surface area contributed by atoms with Crippen molar-refractivity contribution in [2.45, 2.75) is 11.3 Å². The second-order valence-corrected chi connectivity index (χ2v) is 2.72. The van der Waals surface area contributed by atoms with Gasteiger partial charge < -0.3 is 0 Å². The average Bonchev–Trinajstić information content (AvgIpc) is 2.33. The Balaban J connectivity index is 3.14. The van der Waals surface area contributed by atoms with Crippen LogP contribution in [-0.4, -0.2) is 15.6 Å². The molecule has 1 rings (SSSR count). The fraction of sp³-hybridized carbons (Fsp3) is 0.400. The number of aromatic amines is 2. The molecule has 0 bridgehead atoms. The molecular weight excluding hydrogens is 216 g/mol. The maximum absolute atomic E-state index is 12.6. The van der Waals surface area contributed by atoms with Crippen LogP contribution >= 0.6 is 11.6 Å². The zero-order chi connectivity index (χ0) is 10.3. The van der Waals surface area contributed by atoms with E-state index in [0.29, 0.717) is 6.07 Å². The number of H-pyrrole nitrogens is 2. The molecule has 0 aliphatic rings. The van der Waals surface area contributed by atoms with Crippen LogP contribution in [0.4, 0.5) is 17.6 Å². The topological polar surface area (TPSA) is 48.6 Å². The van der Waals surface area contributed by atoms with Crippen molar-refractivity contribution < 1.29 is 17.6 Å². The average molecular weight is 219 g/mol. The Kier molecular flexibility index (Phi) is 2.15. The fourth-order valence-electron chi connectivity index (χ4n) is 0.654. The zero-order valence-electron chi connectivity index (χ0n) is 5.88. The molecule has 0 unspecified atom stereocenters. The molecule has 2 N–H and O–H groups in total. The van der Waals surface area contributed by atoms with Gasteiger partial charge in [-0.25, -0.2) is 0 Å². The molecule has 1 heterocycles. The van der Waals surface area contributed by atoms with Crippen LogP contribution in [0.15, 0.2) is 10.9 Å². The van der Waals surface area contributed by atoms with Gasteiger partial charge in [-0.2, -0.15) is 17.6 Å². The highest BCUT2D eigenvalue weighted by molar-refractivity contribution is 6.22. The maximum Gasteiger partial charge on any atom is 0.390 e. The number of aromatic nitrogens is 2. The third-order valence-electron chi connectivity index (χ3n) is 1.29. The maximum atomic E-state index is 12.6. The van der Waals surface area contributed by atoms with E-state index in [1.807, 2.05) is 0 Å². The van der Waals surface area contributed by atoms with Crippen molar-refractivity contribution in [1.29, 1.82) is 0 Å². The van der Waals surface area contributed by atoms with E-state index in [9.17, 15) is 22.4 Å². The van der Waals surface area contributed by atoms with Crippen LogP contribution in [-0.2, 0) is 5.92 Å². The molecule has 3 nitrogen and oxygen atoms in total. The summed E-state index contributed by atoms with van der Waals surface area (Å²) in [7, 11) is 0. The van der Waals surface area contributed by atoms with Crippen molar-refractivity contribution in [1.82, 2.24) is 10.2 Å². The van der Waals surface area contributed by atoms with Crippen LogP contribution in [0.1, 0.15) is 5.69 Å². The van der Waals surface area contributed by atoms with E-state index in [2.05, 4.69) is 11.6 Å². The van der Waals surface area contributed by atoms with Crippen LogP contribution in [0.3, 0.4) is 0 Å². The van der Waals surface area contributed by atoms with Gasteiger partial charge in [-0.1, -0.05) is 0 Å². The Labute approximate surface area is 73.7 Å². The van der Waals surface area contributed by atoms with E-state index >= 15 is 0 Å². The monoisotopic (exact) mass is 218 g/mol. The summed E-state index contributed by atoms with van der Waals surface area (Å²) in [6, 6.07) is 0.316. The smallest absolute Gasteiger partial charge is 0.296 e. The summed E-state index contributed by atoms with van der Waals surface area (Å²) in [4.78, 5) is 10.4. The molecule has 0 atom stereocenters. The van der Waals surface area contributed by atoms with Crippen molar-refractivity contribution in [3.63, 3.8) is 0 Å². The van der Waals surface area contributed by atoms with Crippen molar-refractivity contribution in [2.75, 3.05) is 0 Å². The third-order valence-corrected chi connectivity index (χ3v) is 1.53. The molecule has 0 amide bonds. The lowest BCUT2D eigenvalue weighted by atomic mass is 10.2. The van der Waals surface area contributed by atoms with Crippen molar-refractivity contribution in [2.24, 2.45) is 0 Å². The van der Waals surface area contributed by atoms with E-state index in [0.717, 1.165) is 0 Å². The molecule has 13 heavy (non-hydrogen) atoms. The van der Waals surface area contributed by atoms with E-state index in [4.69, 9.17) is 0 Å². The number of hydrogen-bond donors (Lipinski definition) is 2. The summed E-state index contributed by atoms with van der Waals surface area (Å²) in [5.41, 5.74) is -2.19. The molecule has 1 aromatic rings. The van der Waals surface area contributed by atoms with Crippen LogP contribution < -0.4 is 5.56 Å². The second kappa shape index (κ2) is 2.76. The highest BCUT2D eigenvalue weighted by Gasteiger charge is 2.57. The molecule has 1 aromatic heterocycles. The Morgan fingerprint density at radius 1 is 1.23 bits per heavy atom. The van der Waals surface area contributed by atoms with E-state index in [1.54, 1.807) is 10.2 Å². The van der Waals surface area contributed by atoms with Crippen LogP contribution in [0.5, 0.6) is 0 Å². The predicted molar refractivity (Wildman–Crippen MR) is 36.1 cm³/mol. The minimum absolute atomic E-state index is 0.316. The van der Waals surface area contributed by atoms with Crippen LogP contribution in [0.25, 0.3) is 0 Å². The number of hydrogen-bond acceptors (Lipinski definition) is 1. The summed E-state index contributed by atoms with van der Waals surface area (Å²) in [6.07, 6.45) is 0. The van der Waals surface area contributed by atoms with Gasteiger partial charge in [0.2, 0.25) is 0 Å². The highest BCUT2D eigenvalue weighted by Crippen LogP contribution is 2.44. The summed E-state index contributed by atoms with van der Waals surface area (Å²) < 4.78 is 49.4. The van der Waals surface area contributed by atoms with Gasteiger partial charge in [0.25, 0.3) is 5.56 Å². The first-order valence-electron chi connectivity index (χ1n) is 2.98. The molecule has 0 aliphatic carbocycles. The minimum atomic E-state index is -4.74. The van der Waals surface area contributed by atoms with Gasteiger partial charge in [-0.15, -0.1) is 0 Å². The van der Waals surface area contributed by atoms with Gasteiger partial charge in [0.15, 0.2) is 0 Å². The van der Waals surface area contributed by atoms with Crippen molar-refractivity contribution in [3.8, 4) is 0 Å². The number of rotatable bonds is 2. The van der Waals surface area contributed by atoms with Gasteiger partial charge >= 0.3 is 11.3 Å². The first-order valence-corrected chi connectivity index (χ1v) is 3.35. The Bertz CT molecular complexity index is 352. The Hall–Kier alpha value is -0.980. The van der Waals surface area contributed by atoms with E-state index < -0.39 is 22.6 Å². The second-order valence-electron chi connectivity index (χ2n) is 2.24. The number of nitrogens with one attached hydrogen (secondary N) is 2. The zero-order valence-corrected chi connectivity index (χ0v) is 6.63. The van der Waals surface area contributed by atoms with Crippen LogP contribution in [0.2, 0.25) is 0 Å². The molecule has 0 saturated carbocycles. The molecule has 0 fully saturated rings. The molecule has 0 saturated heterocycles. The normalized spacial score (nSPS) is 13.3. The Morgan fingerprint density at radius 3 is 2.08 bits per heavy atom. The third kappa shape index (κ3) is 1.69. The summed E-state index contributed by atoms with van der Waals surface area (Å²) in [5, 5.41) is -1.44.